The summed E-state index contributed by atoms with van der Waals surface area (Å²) in [5.74, 6) is 0. The van der Waals surface area contributed by atoms with Crippen LogP contribution in [-0.2, 0) is 4.74 Å². The summed E-state index contributed by atoms with van der Waals surface area (Å²) in [7, 11) is 3.81. The van der Waals surface area contributed by atoms with Gasteiger partial charge in [-0.05, 0) is 26.4 Å². The average molecular weight is 216 g/mol. The van der Waals surface area contributed by atoms with Crippen molar-refractivity contribution in [1.29, 1.82) is 0 Å². The molecule has 0 aromatic heterocycles. The zero-order valence-corrected chi connectivity index (χ0v) is 9.48. The van der Waals surface area contributed by atoms with Gasteiger partial charge in [0.25, 0.3) is 0 Å². The van der Waals surface area contributed by atoms with E-state index in [-0.39, 0.29) is 25.3 Å². The van der Waals surface area contributed by atoms with Crippen LogP contribution in [0.4, 0.5) is 4.79 Å². The lowest BCUT2D eigenvalue weighted by atomic mass is 10.1. The summed E-state index contributed by atoms with van der Waals surface area (Å²) in [5, 5.41) is 8.55. The third-order valence-corrected chi connectivity index (χ3v) is 2.75. The van der Waals surface area contributed by atoms with E-state index in [1.165, 1.54) is 0 Å². The molecule has 1 unspecified atom stereocenters. The molecule has 88 valence electrons. The summed E-state index contributed by atoms with van der Waals surface area (Å²) in [4.78, 5) is 15.3. The lowest BCUT2D eigenvalue weighted by molar-refractivity contribution is 0.0654. The van der Waals surface area contributed by atoms with Gasteiger partial charge in [-0.25, -0.2) is 4.79 Å². The number of amides is 1. The number of carbonyl (C=O) groups excluding carboxylic acids is 1. The van der Waals surface area contributed by atoms with Gasteiger partial charge in [-0.15, -0.1) is 0 Å². The number of hydrogen-bond acceptors (Lipinski definition) is 4. The number of likely N-dealkylation sites (tertiary alicyclic amines) is 1. The number of hydrogen-bond donors (Lipinski definition) is 1. The van der Waals surface area contributed by atoms with E-state index in [9.17, 15) is 4.79 Å². The molecule has 0 aromatic rings. The summed E-state index contributed by atoms with van der Waals surface area (Å²) in [6, 6.07) is 0.231. The molecule has 1 heterocycles. The number of likely N-dealkylation sites (N-methyl/N-ethyl adjacent to an activating group) is 2. The van der Waals surface area contributed by atoms with E-state index in [2.05, 4.69) is 11.9 Å². The molecule has 0 bridgehead atoms. The lowest BCUT2D eigenvalue weighted by Gasteiger charge is -2.35. The molecule has 0 radical (unpaired) electrons. The van der Waals surface area contributed by atoms with Crippen molar-refractivity contribution in [3.05, 3.63) is 0 Å². The minimum Gasteiger partial charge on any atom is -0.447 e. The standard InChI is InChI=1S/C10H20N2O3/c1-11-5-3-4-9(8-11)12(2)10(14)15-7-6-13/h9,13H,3-8H2,1-2H3. The fourth-order valence-electron chi connectivity index (χ4n) is 1.84. The quantitative estimate of drug-likeness (QED) is 0.729. The molecule has 1 atom stereocenters. The first-order chi connectivity index (χ1) is 7.15. The second-order valence-electron chi connectivity index (χ2n) is 4.01. The van der Waals surface area contributed by atoms with Crippen LogP contribution in [0.2, 0.25) is 0 Å². The monoisotopic (exact) mass is 216 g/mol. The highest BCUT2D eigenvalue weighted by Crippen LogP contribution is 2.13. The molecule has 1 rings (SSSR count). The Morgan fingerprint density at radius 1 is 1.67 bits per heavy atom. The Morgan fingerprint density at radius 3 is 3.00 bits per heavy atom. The second kappa shape index (κ2) is 5.92. The van der Waals surface area contributed by atoms with Crippen LogP contribution < -0.4 is 0 Å². The van der Waals surface area contributed by atoms with Crippen molar-refractivity contribution in [2.24, 2.45) is 0 Å². The molecule has 1 aliphatic rings. The summed E-state index contributed by atoms with van der Waals surface area (Å²) >= 11 is 0. The van der Waals surface area contributed by atoms with Crippen LogP contribution in [0.1, 0.15) is 12.8 Å². The number of ether oxygens (including phenoxy) is 1. The van der Waals surface area contributed by atoms with E-state index >= 15 is 0 Å². The highest BCUT2D eigenvalue weighted by Gasteiger charge is 2.25. The Morgan fingerprint density at radius 2 is 2.40 bits per heavy atom. The van der Waals surface area contributed by atoms with Gasteiger partial charge in [0, 0.05) is 19.6 Å². The van der Waals surface area contributed by atoms with E-state index < -0.39 is 0 Å². The molecule has 1 N–H and O–H groups in total. The van der Waals surface area contributed by atoms with Gasteiger partial charge in [0.05, 0.1) is 6.61 Å². The minimum atomic E-state index is -0.343. The van der Waals surface area contributed by atoms with Gasteiger partial charge in [0.15, 0.2) is 0 Å². The van der Waals surface area contributed by atoms with Crippen LogP contribution in [0.5, 0.6) is 0 Å². The SMILES string of the molecule is CN1CCCC(N(C)C(=O)OCCO)C1. The van der Waals surface area contributed by atoms with Crippen molar-refractivity contribution in [2.75, 3.05) is 40.4 Å². The van der Waals surface area contributed by atoms with Gasteiger partial charge in [0.2, 0.25) is 0 Å². The summed E-state index contributed by atoms with van der Waals surface area (Å²) in [6.45, 7) is 1.94. The first-order valence-electron chi connectivity index (χ1n) is 5.34. The van der Waals surface area contributed by atoms with Crippen molar-refractivity contribution < 1.29 is 14.6 Å². The van der Waals surface area contributed by atoms with E-state index in [1.54, 1.807) is 11.9 Å². The average Bonchev–Trinajstić information content (AvgIpc) is 2.24. The molecule has 5 heteroatoms. The van der Waals surface area contributed by atoms with E-state index in [4.69, 9.17) is 9.84 Å². The summed E-state index contributed by atoms with van der Waals surface area (Å²) in [6.07, 6.45) is 1.79. The normalized spacial score (nSPS) is 22.5. The zero-order valence-electron chi connectivity index (χ0n) is 9.48. The third-order valence-electron chi connectivity index (χ3n) is 2.75. The number of nitrogens with zero attached hydrogens (tertiary/aromatic N) is 2. The molecule has 1 aliphatic heterocycles. The molecule has 1 fully saturated rings. The van der Waals surface area contributed by atoms with Crippen LogP contribution in [0.15, 0.2) is 0 Å². The zero-order chi connectivity index (χ0) is 11.3. The molecule has 5 nitrogen and oxygen atoms in total. The number of piperidine rings is 1. The third kappa shape index (κ3) is 3.68. The predicted octanol–water partition coefficient (Wildman–Crippen LogP) is 0.141. The number of carbonyl (C=O) groups is 1. The maximum absolute atomic E-state index is 11.5. The van der Waals surface area contributed by atoms with Crippen molar-refractivity contribution in [1.82, 2.24) is 9.80 Å². The van der Waals surface area contributed by atoms with Crippen molar-refractivity contribution in [3.63, 3.8) is 0 Å². The fraction of sp³-hybridized carbons (Fsp3) is 0.900. The molecule has 0 aliphatic carbocycles. The van der Waals surface area contributed by atoms with E-state index in [0.29, 0.717) is 0 Å². The smallest absolute Gasteiger partial charge is 0.409 e. The van der Waals surface area contributed by atoms with Gasteiger partial charge in [0.1, 0.15) is 6.61 Å². The van der Waals surface area contributed by atoms with E-state index in [0.717, 1.165) is 25.9 Å². The summed E-state index contributed by atoms with van der Waals surface area (Å²) < 4.78 is 4.86. The lowest BCUT2D eigenvalue weighted by Crippen LogP contribution is -2.47. The van der Waals surface area contributed by atoms with Crippen LogP contribution in [-0.4, -0.2) is 67.4 Å². The van der Waals surface area contributed by atoms with Crippen molar-refractivity contribution >= 4 is 6.09 Å². The maximum atomic E-state index is 11.5. The molecule has 1 saturated heterocycles. The molecule has 1 amide bonds. The molecule has 0 saturated carbocycles. The summed E-state index contributed by atoms with van der Waals surface area (Å²) in [5.41, 5.74) is 0. The Balaban J connectivity index is 2.37. The van der Waals surface area contributed by atoms with Gasteiger partial charge in [-0.3, -0.25) is 0 Å². The van der Waals surface area contributed by atoms with Gasteiger partial charge in [-0.1, -0.05) is 0 Å². The fourth-order valence-corrected chi connectivity index (χ4v) is 1.84. The molecular weight excluding hydrogens is 196 g/mol. The van der Waals surface area contributed by atoms with Crippen LogP contribution >= 0.6 is 0 Å². The van der Waals surface area contributed by atoms with Gasteiger partial charge < -0.3 is 19.6 Å². The van der Waals surface area contributed by atoms with Crippen molar-refractivity contribution in [3.8, 4) is 0 Å². The molecule has 15 heavy (non-hydrogen) atoms. The highest BCUT2D eigenvalue weighted by atomic mass is 16.6. The van der Waals surface area contributed by atoms with Gasteiger partial charge >= 0.3 is 6.09 Å². The Hall–Kier alpha value is -0.810. The van der Waals surface area contributed by atoms with Crippen LogP contribution in [0, 0.1) is 0 Å². The largest absolute Gasteiger partial charge is 0.447 e. The predicted molar refractivity (Wildman–Crippen MR) is 56.7 cm³/mol. The highest BCUT2D eigenvalue weighted by molar-refractivity contribution is 5.67. The maximum Gasteiger partial charge on any atom is 0.409 e. The number of aliphatic hydroxyl groups is 1. The topological polar surface area (TPSA) is 53.0 Å². The molecular formula is C10H20N2O3. The van der Waals surface area contributed by atoms with Crippen LogP contribution in [0.25, 0.3) is 0 Å². The van der Waals surface area contributed by atoms with E-state index in [1.807, 2.05) is 0 Å². The number of aliphatic hydroxyl groups excluding tert-OH is 1. The first-order valence-corrected chi connectivity index (χ1v) is 5.34. The Labute approximate surface area is 90.6 Å². The van der Waals surface area contributed by atoms with Crippen molar-refractivity contribution in [2.45, 2.75) is 18.9 Å². The number of rotatable bonds is 3. The Bertz CT molecular complexity index is 211. The molecule has 0 spiro atoms. The second-order valence-corrected chi connectivity index (χ2v) is 4.01. The van der Waals surface area contributed by atoms with Gasteiger partial charge in [-0.2, -0.15) is 0 Å². The molecule has 0 aromatic carbocycles. The Kier molecular flexibility index (Phi) is 4.84. The first kappa shape index (κ1) is 12.3. The van der Waals surface area contributed by atoms with Crippen LogP contribution in [0.3, 0.4) is 0 Å². The minimum absolute atomic E-state index is 0.0751.